The van der Waals surface area contributed by atoms with Gasteiger partial charge in [-0.15, -0.1) is 0 Å². The quantitative estimate of drug-likeness (QED) is 0.531. The maximum absolute atomic E-state index is 9.46. The van der Waals surface area contributed by atoms with Crippen molar-refractivity contribution in [1.29, 1.82) is 5.26 Å². The molecule has 0 amide bonds. The zero-order valence-electron chi connectivity index (χ0n) is 15.8. The summed E-state index contributed by atoms with van der Waals surface area (Å²) in [5.41, 5.74) is 9.28. The Labute approximate surface area is 172 Å². The molecule has 1 aromatic carbocycles. The van der Waals surface area contributed by atoms with Gasteiger partial charge in [0.2, 0.25) is 0 Å². The Morgan fingerprint density at radius 3 is 2.72 bits per heavy atom. The minimum atomic E-state index is -0.251. The molecule has 0 aliphatic heterocycles. The van der Waals surface area contributed by atoms with Crippen molar-refractivity contribution in [3.8, 4) is 17.3 Å². The van der Waals surface area contributed by atoms with Gasteiger partial charge < -0.3 is 11.1 Å². The predicted molar refractivity (Wildman–Crippen MR) is 111 cm³/mol. The maximum atomic E-state index is 9.46. The van der Waals surface area contributed by atoms with Crippen LogP contribution in [0.3, 0.4) is 0 Å². The molecule has 3 N–H and O–H groups in total. The third-order valence-electron chi connectivity index (χ3n) is 4.51. The van der Waals surface area contributed by atoms with Crippen LogP contribution in [0.25, 0.3) is 16.9 Å². The Morgan fingerprint density at radius 2 is 2.00 bits per heavy atom. The molecule has 9 heteroatoms. The van der Waals surface area contributed by atoms with Crippen LogP contribution in [-0.2, 0) is 0 Å². The first-order valence-corrected chi connectivity index (χ1v) is 9.26. The summed E-state index contributed by atoms with van der Waals surface area (Å²) in [6.45, 7) is 3.68. The van der Waals surface area contributed by atoms with Gasteiger partial charge >= 0.3 is 0 Å². The van der Waals surface area contributed by atoms with E-state index in [1.165, 1.54) is 0 Å². The number of aryl methyl sites for hydroxylation is 1. The SMILES string of the molecule is Cc1nc(N)c(C#N)c(N[C@@H](C)c2cc3ncc(Cl)n3nc2-c2ccccc2)n1. The molecule has 0 aliphatic carbocycles. The molecule has 0 radical (unpaired) electrons. The third kappa shape index (κ3) is 3.44. The summed E-state index contributed by atoms with van der Waals surface area (Å²) in [7, 11) is 0. The number of nitriles is 1. The molecule has 0 unspecified atom stereocenters. The lowest BCUT2D eigenvalue weighted by Gasteiger charge is -2.19. The fraction of sp³-hybridized carbons (Fsp3) is 0.150. The molecule has 144 valence electrons. The Hall–Kier alpha value is -3.70. The van der Waals surface area contributed by atoms with Gasteiger partial charge in [-0.1, -0.05) is 41.9 Å². The first-order chi connectivity index (χ1) is 14.0. The molecule has 4 rings (SSSR count). The Bertz CT molecular complexity index is 1240. The fourth-order valence-electron chi connectivity index (χ4n) is 3.14. The van der Waals surface area contributed by atoms with E-state index in [1.807, 2.05) is 43.3 Å². The van der Waals surface area contributed by atoms with Crippen LogP contribution in [0.1, 0.15) is 29.9 Å². The summed E-state index contributed by atoms with van der Waals surface area (Å²) >= 11 is 6.22. The minimum absolute atomic E-state index is 0.145. The predicted octanol–water partition coefficient (Wildman–Crippen LogP) is 3.78. The average molecular weight is 405 g/mol. The molecule has 0 spiro atoms. The van der Waals surface area contributed by atoms with Gasteiger partial charge in [0.1, 0.15) is 29.1 Å². The number of rotatable bonds is 4. The van der Waals surface area contributed by atoms with Gasteiger partial charge in [-0.2, -0.15) is 10.4 Å². The van der Waals surface area contributed by atoms with Crippen LogP contribution in [0.4, 0.5) is 11.6 Å². The number of nitrogens with zero attached hydrogens (tertiary/aromatic N) is 6. The molecule has 0 bridgehead atoms. The molecule has 3 heterocycles. The van der Waals surface area contributed by atoms with Crippen molar-refractivity contribution in [3.63, 3.8) is 0 Å². The van der Waals surface area contributed by atoms with Crippen molar-refractivity contribution in [2.75, 3.05) is 11.1 Å². The van der Waals surface area contributed by atoms with Crippen molar-refractivity contribution in [2.45, 2.75) is 19.9 Å². The summed E-state index contributed by atoms with van der Waals surface area (Å²) in [6, 6.07) is 13.5. The standard InChI is InChI=1S/C20H17ClN8/c1-11(25-20-15(9-22)19(23)26-12(2)27-20)14-8-17-24-10-16(21)29(17)28-18(14)13-6-4-3-5-7-13/h3-8,10-11H,1-2H3,(H3,23,25,26,27)/t11-/m0/s1. The zero-order chi connectivity index (χ0) is 20.5. The maximum Gasteiger partial charge on any atom is 0.155 e. The van der Waals surface area contributed by atoms with Crippen molar-refractivity contribution < 1.29 is 0 Å². The van der Waals surface area contributed by atoms with Gasteiger partial charge in [0, 0.05) is 11.1 Å². The number of nitrogens with one attached hydrogen (secondary N) is 1. The monoisotopic (exact) mass is 404 g/mol. The lowest BCUT2D eigenvalue weighted by Crippen LogP contribution is -2.14. The number of nitrogen functional groups attached to an aromatic ring is 1. The normalized spacial score (nSPS) is 11.9. The summed E-state index contributed by atoms with van der Waals surface area (Å²) in [5.74, 6) is 1.00. The smallest absolute Gasteiger partial charge is 0.155 e. The van der Waals surface area contributed by atoms with E-state index in [-0.39, 0.29) is 17.4 Å². The van der Waals surface area contributed by atoms with Gasteiger partial charge in [0.15, 0.2) is 10.8 Å². The number of halogens is 1. The van der Waals surface area contributed by atoms with E-state index in [4.69, 9.17) is 22.4 Å². The molecular weight excluding hydrogens is 388 g/mol. The van der Waals surface area contributed by atoms with Gasteiger partial charge in [-0.25, -0.2) is 19.5 Å². The Kier molecular flexibility index (Phi) is 4.74. The summed E-state index contributed by atoms with van der Waals surface area (Å²) < 4.78 is 1.59. The molecule has 0 aliphatic rings. The van der Waals surface area contributed by atoms with Gasteiger partial charge in [0.25, 0.3) is 0 Å². The van der Waals surface area contributed by atoms with E-state index in [0.29, 0.717) is 22.4 Å². The first kappa shape index (κ1) is 18.7. The van der Waals surface area contributed by atoms with Gasteiger partial charge in [-0.3, -0.25) is 0 Å². The second-order valence-electron chi connectivity index (χ2n) is 6.52. The van der Waals surface area contributed by atoms with Crippen LogP contribution in [0.15, 0.2) is 42.6 Å². The molecular formula is C20H17ClN8. The van der Waals surface area contributed by atoms with Crippen LogP contribution < -0.4 is 11.1 Å². The second-order valence-corrected chi connectivity index (χ2v) is 6.91. The molecule has 1 atom stereocenters. The lowest BCUT2D eigenvalue weighted by molar-refractivity contribution is 0.837. The highest BCUT2D eigenvalue weighted by Crippen LogP contribution is 2.31. The number of aromatic nitrogens is 5. The molecule has 0 fully saturated rings. The van der Waals surface area contributed by atoms with Gasteiger partial charge in [-0.05, 0) is 19.9 Å². The summed E-state index contributed by atoms with van der Waals surface area (Å²) in [5, 5.41) is 17.9. The van der Waals surface area contributed by atoms with E-state index in [0.717, 1.165) is 16.8 Å². The van der Waals surface area contributed by atoms with Crippen LogP contribution >= 0.6 is 11.6 Å². The van der Waals surface area contributed by atoms with Crippen molar-refractivity contribution in [1.82, 2.24) is 24.6 Å². The highest BCUT2D eigenvalue weighted by Gasteiger charge is 2.20. The van der Waals surface area contributed by atoms with E-state index < -0.39 is 0 Å². The summed E-state index contributed by atoms with van der Waals surface area (Å²) in [6.07, 6.45) is 1.56. The van der Waals surface area contributed by atoms with Crippen LogP contribution in [-0.4, -0.2) is 24.6 Å². The van der Waals surface area contributed by atoms with E-state index in [2.05, 4.69) is 26.3 Å². The molecule has 3 aromatic heterocycles. The average Bonchev–Trinajstić information content (AvgIpc) is 3.07. The number of anilines is 2. The number of nitrogens with two attached hydrogens (primary N) is 1. The first-order valence-electron chi connectivity index (χ1n) is 8.88. The fourth-order valence-corrected chi connectivity index (χ4v) is 3.32. The number of imidazole rings is 1. The van der Waals surface area contributed by atoms with Crippen molar-refractivity contribution in [2.24, 2.45) is 0 Å². The van der Waals surface area contributed by atoms with Gasteiger partial charge in [0.05, 0.1) is 17.9 Å². The second kappa shape index (κ2) is 7.37. The zero-order valence-corrected chi connectivity index (χ0v) is 16.5. The van der Waals surface area contributed by atoms with E-state index in [9.17, 15) is 5.26 Å². The van der Waals surface area contributed by atoms with Crippen LogP contribution in [0.2, 0.25) is 5.15 Å². The number of fused-ring (bicyclic) bond motifs is 1. The molecule has 4 aromatic rings. The molecule has 8 nitrogen and oxygen atoms in total. The highest BCUT2D eigenvalue weighted by molar-refractivity contribution is 6.29. The largest absolute Gasteiger partial charge is 0.382 e. The Morgan fingerprint density at radius 1 is 1.24 bits per heavy atom. The Balaban J connectivity index is 1.84. The topological polar surface area (TPSA) is 118 Å². The third-order valence-corrected chi connectivity index (χ3v) is 4.77. The van der Waals surface area contributed by atoms with Crippen molar-refractivity contribution >= 4 is 28.9 Å². The minimum Gasteiger partial charge on any atom is -0.382 e. The van der Waals surface area contributed by atoms with E-state index >= 15 is 0 Å². The highest BCUT2D eigenvalue weighted by atomic mass is 35.5. The molecule has 0 saturated heterocycles. The number of hydrogen-bond acceptors (Lipinski definition) is 7. The van der Waals surface area contributed by atoms with Crippen LogP contribution in [0, 0.1) is 18.3 Å². The number of benzene rings is 1. The van der Waals surface area contributed by atoms with E-state index in [1.54, 1.807) is 17.6 Å². The molecule has 29 heavy (non-hydrogen) atoms. The van der Waals surface area contributed by atoms with Crippen LogP contribution in [0.5, 0.6) is 0 Å². The molecule has 0 saturated carbocycles. The van der Waals surface area contributed by atoms with Crippen molar-refractivity contribution in [3.05, 3.63) is 64.7 Å². The number of hydrogen-bond donors (Lipinski definition) is 2. The summed E-state index contributed by atoms with van der Waals surface area (Å²) in [4.78, 5) is 12.7. The lowest BCUT2D eigenvalue weighted by atomic mass is 10.0.